The van der Waals surface area contributed by atoms with Gasteiger partial charge in [-0.05, 0) is 12.1 Å². The predicted octanol–water partition coefficient (Wildman–Crippen LogP) is 1.08. The van der Waals surface area contributed by atoms with Crippen LogP contribution in [0.3, 0.4) is 0 Å². The number of hydrogen-bond acceptors (Lipinski definition) is 3. The Labute approximate surface area is 104 Å². The van der Waals surface area contributed by atoms with Gasteiger partial charge in [0, 0.05) is 25.0 Å². The minimum atomic E-state index is -0.203. The molecule has 0 aliphatic carbocycles. The van der Waals surface area contributed by atoms with Gasteiger partial charge < -0.3 is 9.30 Å². The van der Waals surface area contributed by atoms with Gasteiger partial charge in [-0.2, -0.15) is 0 Å². The van der Waals surface area contributed by atoms with Gasteiger partial charge in [0.25, 0.3) is 0 Å². The number of benzene rings is 1. The first-order chi connectivity index (χ1) is 8.61. The highest BCUT2D eigenvalue weighted by molar-refractivity contribution is 5.96. The zero-order valence-corrected chi connectivity index (χ0v) is 10.3. The normalized spacial score (nSPS) is 10.3. The Kier molecular flexibility index (Phi) is 3.32. The van der Waals surface area contributed by atoms with E-state index >= 15 is 0 Å². The first-order valence-corrected chi connectivity index (χ1v) is 5.51. The molecule has 0 N–H and O–H groups in total. The van der Waals surface area contributed by atoms with Gasteiger partial charge in [0.1, 0.15) is 5.75 Å². The molecule has 1 heterocycles. The molecule has 0 fully saturated rings. The molecular formula is C13H14N2O3. The lowest BCUT2D eigenvalue weighted by atomic mass is 10.1. The van der Waals surface area contributed by atoms with E-state index < -0.39 is 0 Å². The van der Waals surface area contributed by atoms with Gasteiger partial charge in [0.2, 0.25) is 0 Å². The van der Waals surface area contributed by atoms with Gasteiger partial charge in [-0.25, -0.2) is 4.79 Å². The maximum absolute atomic E-state index is 12.0. The molecule has 0 radical (unpaired) electrons. The van der Waals surface area contributed by atoms with E-state index in [1.807, 2.05) is 0 Å². The average Bonchev–Trinajstić information content (AvgIpc) is 2.71. The van der Waals surface area contributed by atoms with Gasteiger partial charge in [-0.1, -0.05) is 12.1 Å². The number of hydrogen-bond donors (Lipinski definition) is 0. The molecule has 0 aliphatic heterocycles. The minimum Gasteiger partial charge on any atom is -0.497 e. The molecule has 94 valence electrons. The topological polar surface area (TPSA) is 53.2 Å². The molecule has 0 unspecified atom stereocenters. The Balaban J connectivity index is 2.22. The lowest BCUT2D eigenvalue weighted by molar-refractivity contribution is 0.0970. The Bertz CT molecular complexity index is 625. The molecule has 0 saturated carbocycles. The van der Waals surface area contributed by atoms with E-state index in [1.54, 1.807) is 50.8 Å². The maximum Gasteiger partial charge on any atom is 0.328 e. The molecule has 0 atom stereocenters. The van der Waals surface area contributed by atoms with Crippen LogP contribution in [-0.2, 0) is 13.6 Å². The van der Waals surface area contributed by atoms with Crippen molar-refractivity contribution in [1.29, 1.82) is 0 Å². The number of aryl methyl sites for hydroxylation is 1. The van der Waals surface area contributed by atoms with Crippen LogP contribution >= 0.6 is 0 Å². The van der Waals surface area contributed by atoms with Crippen molar-refractivity contribution < 1.29 is 9.53 Å². The van der Waals surface area contributed by atoms with Gasteiger partial charge in [-0.3, -0.25) is 9.36 Å². The lowest BCUT2D eigenvalue weighted by Crippen LogP contribution is -2.25. The number of aromatic nitrogens is 2. The van der Waals surface area contributed by atoms with Crippen LogP contribution in [0.4, 0.5) is 0 Å². The van der Waals surface area contributed by atoms with Gasteiger partial charge >= 0.3 is 5.69 Å². The third kappa shape index (κ3) is 2.34. The molecule has 2 rings (SSSR count). The Morgan fingerprint density at radius 2 is 2.11 bits per heavy atom. The van der Waals surface area contributed by atoms with Crippen molar-refractivity contribution >= 4 is 5.78 Å². The Morgan fingerprint density at radius 1 is 1.33 bits per heavy atom. The summed E-state index contributed by atoms with van der Waals surface area (Å²) in [7, 11) is 3.19. The molecule has 1 aromatic carbocycles. The van der Waals surface area contributed by atoms with Crippen LogP contribution in [0.25, 0.3) is 0 Å². The van der Waals surface area contributed by atoms with Crippen LogP contribution in [-0.4, -0.2) is 22.0 Å². The van der Waals surface area contributed by atoms with E-state index in [9.17, 15) is 9.59 Å². The van der Waals surface area contributed by atoms with E-state index in [4.69, 9.17) is 4.74 Å². The smallest absolute Gasteiger partial charge is 0.328 e. The van der Waals surface area contributed by atoms with E-state index in [1.165, 1.54) is 9.13 Å². The zero-order valence-electron chi connectivity index (χ0n) is 10.3. The monoisotopic (exact) mass is 246 g/mol. The number of ether oxygens (including phenoxy) is 1. The third-order valence-electron chi connectivity index (χ3n) is 2.72. The second-order valence-corrected chi connectivity index (χ2v) is 3.97. The lowest BCUT2D eigenvalue weighted by Gasteiger charge is -2.04. The maximum atomic E-state index is 12.0. The highest BCUT2D eigenvalue weighted by atomic mass is 16.5. The van der Waals surface area contributed by atoms with Gasteiger partial charge in [0.15, 0.2) is 5.78 Å². The molecule has 0 spiro atoms. The third-order valence-corrected chi connectivity index (χ3v) is 2.72. The average molecular weight is 246 g/mol. The van der Waals surface area contributed by atoms with Crippen LogP contribution in [0.5, 0.6) is 5.75 Å². The fourth-order valence-electron chi connectivity index (χ4n) is 1.67. The van der Waals surface area contributed by atoms with Crippen LogP contribution in [0.15, 0.2) is 41.5 Å². The number of nitrogens with zero attached hydrogens (tertiary/aromatic N) is 2. The van der Waals surface area contributed by atoms with E-state index in [-0.39, 0.29) is 18.0 Å². The molecule has 1 aromatic heterocycles. The summed E-state index contributed by atoms with van der Waals surface area (Å²) < 4.78 is 7.86. The van der Waals surface area contributed by atoms with E-state index in [2.05, 4.69) is 0 Å². The standard InChI is InChI=1S/C13H14N2O3/c1-14-6-7-15(13(14)17)9-12(16)10-4-3-5-11(8-10)18-2/h3-8H,9H2,1-2H3. The van der Waals surface area contributed by atoms with Crippen molar-refractivity contribution in [3.63, 3.8) is 0 Å². The fraction of sp³-hybridized carbons (Fsp3) is 0.231. The van der Waals surface area contributed by atoms with Crippen molar-refractivity contribution in [2.24, 2.45) is 7.05 Å². The molecule has 0 amide bonds. The molecule has 0 bridgehead atoms. The molecule has 5 nitrogen and oxygen atoms in total. The molecule has 18 heavy (non-hydrogen) atoms. The molecule has 5 heteroatoms. The molecule has 0 saturated heterocycles. The van der Waals surface area contributed by atoms with E-state index in [0.717, 1.165) is 0 Å². The second-order valence-electron chi connectivity index (χ2n) is 3.97. The van der Waals surface area contributed by atoms with Crippen LogP contribution in [0.1, 0.15) is 10.4 Å². The van der Waals surface area contributed by atoms with Gasteiger partial charge in [-0.15, -0.1) is 0 Å². The fourth-order valence-corrected chi connectivity index (χ4v) is 1.67. The molecular weight excluding hydrogens is 232 g/mol. The van der Waals surface area contributed by atoms with Crippen molar-refractivity contribution in [3.05, 3.63) is 52.7 Å². The summed E-state index contributed by atoms with van der Waals surface area (Å²) in [5, 5.41) is 0. The number of Topliss-reactive ketones (excluding diaryl/α,β-unsaturated/α-hetero) is 1. The van der Waals surface area contributed by atoms with Crippen LogP contribution in [0, 0.1) is 0 Å². The largest absolute Gasteiger partial charge is 0.497 e. The highest BCUT2D eigenvalue weighted by Gasteiger charge is 2.09. The summed E-state index contributed by atoms with van der Waals surface area (Å²) in [4.78, 5) is 23.6. The summed E-state index contributed by atoms with van der Waals surface area (Å²) in [5.74, 6) is 0.503. The molecule has 2 aromatic rings. The quantitative estimate of drug-likeness (QED) is 0.758. The van der Waals surface area contributed by atoms with Crippen LogP contribution < -0.4 is 10.4 Å². The highest BCUT2D eigenvalue weighted by Crippen LogP contribution is 2.13. The first kappa shape index (κ1) is 12.2. The van der Waals surface area contributed by atoms with Crippen molar-refractivity contribution in [3.8, 4) is 5.75 Å². The number of carbonyl (C=O) groups excluding carboxylic acids is 1. The summed E-state index contributed by atoms with van der Waals surface area (Å²) in [6, 6.07) is 6.89. The SMILES string of the molecule is COc1cccc(C(=O)Cn2ccn(C)c2=O)c1. The number of methoxy groups -OCH3 is 1. The van der Waals surface area contributed by atoms with E-state index in [0.29, 0.717) is 11.3 Å². The van der Waals surface area contributed by atoms with Gasteiger partial charge in [0.05, 0.1) is 13.7 Å². The number of ketones is 1. The minimum absolute atomic E-state index is 0.0346. The number of carbonyl (C=O) groups is 1. The summed E-state index contributed by atoms with van der Waals surface area (Å²) >= 11 is 0. The first-order valence-electron chi connectivity index (χ1n) is 5.51. The van der Waals surface area contributed by atoms with Crippen molar-refractivity contribution in [1.82, 2.24) is 9.13 Å². The van der Waals surface area contributed by atoms with Crippen molar-refractivity contribution in [2.45, 2.75) is 6.54 Å². The summed E-state index contributed by atoms with van der Waals surface area (Å²) in [6.07, 6.45) is 3.22. The number of imidazole rings is 1. The molecule has 0 aliphatic rings. The summed E-state index contributed by atoms with van der Waals surface area (Å²) in [5.41, 5.74) is 0.330. The second kappa shape index (κ2) is 4.91. The zero-order chi connectivity index (χ0) is 13.1. The van der Waals surface area contributed by atoms with Crippen molar-refractivity contribution in [2.75, 3.05) is 7.11 Å². The Hall–Kier alpha value is -2.30. The Morgan fingerprint density at radius 3 is 2.72 bits per heavy atom. The number of rotatable bonds is 4. The summed E-state index contributed by atoms with van der Waals surface area (Å²) in [6.45, 7) is 0.0346. The predicted molar refractivity (Wildman–Crippen MR) is 67.0 cm³/mol. The van der Waals surface area contributed by atoms with Crippen LogP contribution in [0.2, 0.25) is 0 Å².